The molecule has 2 aromatic heterocycles. The van der Waals surface area contributed by atoms with Crippen molar-refractivity contribution >= 4 is 18.0 Å². The maximum atomic E-state index is 11.1. The Balaban J connectivity index is 2.43. The molecule has 0 aliphatic carbocycles. The second-order valence-electron chi connectivity index (χ2n) is 3.31. The van der Waals surface area contributed by atoms with E-state index in [0.29, 0.717) is 17.1 Å². The van der Waals surface area contributed by atoms with Gasteiger partial charge in [0.25, 0.3) is 5.56 Å². The van der Waals surface area contributed by atoms with Crippen molar-refractivity contribution in [3.8, 4) is 0 Å². The number of H-pyrrole nitrogens is 1. The van der Waals surface area contributed by atoms with Gasteiger partial charge < -0.3 is 10.3 Å². The molecular formula is C10H10N4OS. The summed E-state index contributed by atoms with van der Waals surface area (Å²) < 4.78 is 1.96. The molecule has 2 aromatic rings. The number of nitrogens with zero attached hydrogens (tertiary/aromatic N) is 2. The quantitative estimate of drug-likeness (QED) is 0.758. The minimum Gasteiger partial charge on any atom is -0.385 e. The van der Waals surface area contributed by atoms with Gasteiger partial charge in [0.15, 0.2) is 4.77 Å². The summed E-state index contributed by atoms with van der Waals surface area (Å²) in [4.78, 5) is 17.6. The summed E-state index contributed by atoms with van der Waals surface area (Å²) in [6, 6.07) is 5.06. The fourth-order valence-corrected chi connectivity index (χ4v) is 1.65. The van der Waals surface area contributed by atoms with Crippen LogP contribution in [0.15, 0.2) is 35.4 Å². The average molecular weight is 234 g/mol. The summed E-state index contributed by atoms with van der Waals surface area (Å²) in [7, 11) is 0. The van der Waals surface area contributed by atoms with Crippen molar-refractivity contribution in [3.05, 3.63) is 51.3 Å². The molecule has 0 atom stereocenters. The standard InChI is InChI=1S/C10H10N4OS/c11-8-4-9(15)13-10(16)14(8)6-7-2-1-3-12-5-7/h1-5H,6,11H2,(H,13,15,16). The lowest BCUT2D eigenvalue weighted by molar-refractivity contribution is 0.755. The van der Waals surface area contributed by atoms with Gasteiger partial charge in [0.2, 0.25) is 0 Å². The predicted molar refractivity (Wildman–Crippen MR) is 63.6 cm³/mol. The van der Waals surface area contributed by atoms with Gasteiger partial charge in [-0.05, 0) is 23.8 Å². The number of nitrogens with one attached hydrogen (secondary N) is 1. The Hall–Kier alpha value is -1.95. The first-order chi connectivity index (χ1) is 7.66. The van der Waals surface area contributed by atoms with E-state index in [4.69, 9.17) is 18.0 Å². The number of rotatable bonds is 2. The van der Waals surface area contributed by atoms with E-state index in [2.05, 4.69) is 9.97 Å². The summed E-state index contributed by atoms with van der Waals surface area (Å²) in [6.07, 6.45) is 3.42. The lowest BCUT2D eigenvalue weighted by Gasteiger charge is -2.09. The number of nitrogen functional groups attached to an aromatic ring is 1. The fourth-order valence-electron chi connectivity index (χ4n) is 1.38. The topological polar surface area (TPSA) is 76.7 Å². The molecule has 0 bridgehead atoms. The Kier molecular flexibility index (Phi) is 2.82. The molecule has 82 valence electrons. The second kappa shape index (κ2) is 4.28. The number of aromatic amines is 1. The van der Waals surface area contributed by atoms with Gasteiger partial charge >= 0.3 is 0 Å². The summed E-state index contributed by atoms with van der Waals surface area (Å²) in [6.45, 7) is 0.495. The molecule has 0 spiro atoms. The molecule has 0 radical (unpaired) electrons. The number of aromatic nitrogens is 3. The Morgan fingerprint density at radius 3 is 3.00 bits per heavy atom. The molecule has 0 saturated heterocycles. The van der Waals surface area contributed by atoms with Crippen LogP contribution in [-0.2, 0) is 6.54 Å². The van der Waals surface area contributed by atoms with Gasteiger partial charge in [0.05, 0.1) is 6.54 Å². The van der Waals surface area contributed by atoms with Crippen molar-refractivity contribution in [2.24, 2.45) is 0 Å². The zero-order valence-corrected chi connectivity index (χ0v) is 9.20. The maximum Gasteiger partial charge on any atom is 0.253 e. The van der Waals surface area contributed by atoms with Crippen LogP contribution < -0.4 is 11.3 Å². The van der Waals surface area contributed by atoms with Crippen molar-refractivity contribution in [2.45, 2.75) is 6.54 Å². The first-order valence-corrected chi connectivity index (χ1v) is 5.06. The van der Waals surface area contributed by atoms with E-state index in [1.165, 1.54) is 6.07 Å². The van der Waals surface area contributed by atoms with E-state index in [9.17, 15) is 4.79 Å². The van der Waals surface area contributed by atoms with Gasteiger partial charge in [-0.25, -0.2) is 0 Å². The number of anilines is 1. The number of nitrogens with two attached hydrogens (primary N) is 1. The van der Waals surface area contributed by atoms with Crippen molar-refractivity contribution in [3.63, 3.8) is 0 Å². The van der Waals surface area contributed by atoms with Crippen LogP contribution in [0.1, 0.15) is 5.56 Å². The summed E-state index contributed by atoms with van der Waals surface area (Å²) in [5, 5.41) is 0. The Morgan fingerprint density at radius 1 is 1.56 bits per heavy atom. The molecule has 3 N–H and O–H groups in total. The minimum atomic E-state index is -0.287. The lowest BCUT2D eigenvalue weighted by atomic mass is 10.3. The molecule has 2 rings (SSSR count). The molecule has 5 nitrogen and oxygen atoms in total. The summed E-state index contributed by atoms with van der Waals surface area (Å²) in [5.74, 6) is 0.345. The third kappa shape index (κ3) is 2.17. The SMILES string of the molecule is Nc1cc(=O)[nH]c(=S)n1Cc1cccnc1. The molecular weight excluding hydrogens is 224 g/mol. The largest absolute Gasteiger partial charge is 0.385 e. The van der Waals surface area contributed by atoms with Crippen LogP contribution in [0.2, 0.25) is 0 Å². The summed E-state index contributed by atoms with van der Waals surface area (Å²) >= 11 is 5.03. The predicted octanol–water partition coefficient (Wildman–Crippen LogP) is 0.931. The van der Waals surface area contributed by atoms with Crippen LogP contribution in [0.25, 0.3) is 0 Å². The maximum absolute atomic E-state index is 11.1. The highest BCUT2D eigenvalue weighted by atomic mass is 32.1. The van der Waals surface area contributed by atoms with Crippen molar-refractivity contribution in [2.75, 3.05) is 5.73 Å². The van der Waals surface area contributed by atoms with E-state index >= 15 is 0 Å². The van der Waals surface area contributed by atoms with Crippen molar-refractivity contribution in [1.29, 1.82) is 0 Å². The van der Waals surface area contributed by atoms with Crippen molar-refractivity contribution in [1.82, 2.24) is 14.5 Å². The average Bonchev–Trinajstić information content (AvgIpc) is 2.25. The van der Waals surface area contributed by atoms with Crippen LogP contribution >= 0.6 is 12.2 Å². The summed E-state index contributed by atoms with van der Waals surface area (Å²) in [5.41, 5.74) is 6.41. The highest BCUT2D eigenvalue weighted by Crippen LogP contribution is 2.05. The zero-order chi connectivity index (χ0) is 11.5. The molecule has 0 amide bonds. The molecule has 0 aromatic carbocycles. The fraction of sp³-hybridized carbons (Fsp3) is 0.100. The van der Waals surface area contributed by atoms with Gasteiger partial charge in [-0.2, -0.15) is 0 Å². The van der Waals surface area contributed by atoms with Gasteiger partial charge in [-0.15, -0.1) is 0 Å². The second-order valence-corrected chi connectivity index (χ2v) is 3.70. The van der Waals surface area contributed by atoms with E-state index in [-0.39, 0.29) is 5.56 Å². The first-order valence-electron chi connectivity index (χ1n) is 4.65. The highest BCUT2D eigenvalue weighted by molar-refractivity contribution is 7.71. The Labute approximate surface area is 96.6 Å². The lowest BCUT2D eigenvalue weighted by Crippen LogP contribution is -2.16. The molecule has 2 heterocycles. The van der Waals surface area contributed by atoms with E-state index < -0.39 is 0 Å². The van der Waals surface area contributed by atoms with E-state index in [0.717, 1.165) is 5.56 Å². The molecule has 16 heavy (non-hydrogen) atoms. The molecule has 0 aliphatic rings. The zero-order valence-electron chi connectivity index (χ0n) is 8.38. The highest BCUT2D eigenvalue weighted by Gasteiger charge is 2.01. The van der Waals surface area contributed by atoms with Gasteiger partial charge in [-0.3, -0.25) is 14.8 Å². The van der Waals surface area contributed by atoms with E-state index in [1.807, 2.05) is 12.1 Å². The third-order valence-electron chi connectivity index (χ3n) is 2.13. The van der Waals surface area contributed by atoms with Gasteiger partial charge in [0, 0.05) is 18.5 Å². The van der Waals surface area contributed by atoms with Gasteiger partial charge in [0.1, 0.15) is 5.82 Å². The molecule has 0 fully saturated rings. The smallest absolute Gasteiger partial charge is 0.253 e. The van der Waals surface area contributed by atoms with Gasteiger partial charge in [-0.1, -0.05) is 6.07 Å². The molecule has 0 aliphatic heterocycles. The van der Waals surface area contributed by atoms with Crippen LogP contribution in [0.3, 0.4) is 0 Å². The number of pyridine rings is 1. The Bertz CT molecular complexity index is 602. The molecule has 0 saturated carbocycles. The van der Waals surface area contributed by atoms with Crippen LogP contribution in [0.5, 0.6) is 0 Å². The number of hydrogen-bond donors (Lipinski definition) is 2. The first kappa shape index (κ1) is 10.6. The monoisotopic (exact) mass is 234 g/mol. The van der Waals surface area contributed by atoms with Crippen LogP contribution in [0, 0.1) is 4.77 Å². The number of hydrogen-bond acceptors (Lipinski definition) is 4. The Morgan fingerprint density at radius 2 is 2.38 bits per heavy atom. The molecule has 6 heteroatoms. The van der Waals surface area contributed by atoms with Crippen LogP contribution in [0.4, 0.5) is 5.82 Å². The van der Waals surface area contributed by atoms with Crippen molar-refractivity contribution < 1.29 is 0 Å². The normalized spacial score (nSPS) is 10.2. The minimum absolute atomic E-state index is 0.287. The third-order valence-corrected chi connectivity index (χ3v) is 2.45. The molecule has 0 unspecified atom stereocenters. The van der Waals surface area contributed by atoms with E-state index in [1.54, 1.807) is 17.0 Å². The van der Waals surface area contributed by atoms with Crippen LogP contribution in [-0.4, -0.2) is 14.5 Å².